The smallest absolute Gasteiger partial charge is 0.237 e. The maximum atomic E-state index is 14.0. The zero-order valence-electron chi connectivity index (χ0n) is 28.5. The fourth-order valence-corrected chi connectivity index (χ4v) is 7.52. The fourth-order valence-electron chi connectivity index (χ4n) is 7.52. The van der Waals surface area contributed by atoms with Gasteiger partial charge in [0, 0.05) is 51.3 Å². The minimum Gasteiger partial charge on any atom is -0.441 e. The number of amides is 2. The molecule has 50 heavy (non-hydrogen) atoms. The van der Waals surface area contributed by atoms with E-state index in [0.29, 0.717) is 85.6 Å². The Morgan fingerprint density at radius 3 is 2.54 bits per heavy atom. The lowest BCUT2D eigenvalue weighted by molar-refractivity contribution is -0.132. The zero-order valence-corrected chi connectivity index (χ0v) is 28.5. The van der Waals surface area contributed by atoms with E-state index in [1.54, 1.807) is 22.8 Å². The van der Waals surface area contributed by atoms with Gasteiger partial charge in [-0.3, -0.25) is 29.5 Å². The molecule has 8 rings (SSSR count). The summed E-state index contributed by atoms with van der Waals surface area (Å²) in [6.07, 6.45) is 6.07. The number of oxazole rings is 1. The Morgan fingerprint density at radius 2 is 1.78 bits per heavy atom. The average Bonchev–Trinajstić information content (AvgIpc) is 3.91. The topological polar surface area (TPSA) is 137 Å². The lowest BCUT2D eigenvalue weighted by Gasteiger charge is -2.29. The van der Waals surface area contributed by atoms with Gasteiger partial charge in [-0.15, -0.1) is 0 Å². The second-order valence-electron chi connectivity index (χ2n) is 13.7. The van der Waals surface area contributed by atoms with Crippen molar-refractivity contribution in [2.75, 3.05) is 44.2 Å². The Hall–Kier alpha value is -5.49. The number of anilines is 1. The number of aryl methyl sites for hydroxylation is 3. The fraction of sp³-hybridized carbons (Fsp3) is 0.342. The number of nitrogens with one attached hydrogen (secondary N) is 1. The number of benzene rings is 2. The van der Waals surface area contributed by atoms with Gasteiger partial charge in [-0.05, 0) is 73.7 Å². The molecule has 0 unspecified atom stereocenters. The van der Waals surface area contributed by atoms with Crippen molar-refractivity contribution in [3.05, 3.63) is 95.3 Å². The van der Waals surface area contributed by atoms with Crippen molar-refractivity contribution in [2.45, 2.75) is 33.1 Å². The van der Waals surface area contributed by atoms with Crippen LogP contribution in [0.1, 0.15) is 47.5 Å². The molecular formula is C38H39N9O3. The Kier molecular flexibility index (Phi) is 7.90. The maximum absolute atomic E-state index is 14.0. The number of carbonyl (C=O) groups excluding carboxylic acids is 2. The molecule has 12 heteroatoms. The van der Waals surface area contributed by atoms with Crippen molar-refractivity contribution in [1.29, 1.82) is 5.41 Å². The molecule has 1 atom stereocenters. The van der Waals surface area contributed by atoms with E-state index in [2.05, 4.69) is 38.2 Å². The van der Waals surface area contributed by atoms with Crippen LogP contribution < -0.4 is 4.90 Å². The number of hydrogen-bond acceptors (Lipinski definition) is 9. The highest BCUT2D eigenvalue weighted by Gasteiger charge is 2.51. The second-order valence-corrected chi connectivity index (χ2v) is 13.7. The van der Waals surface area contributed by atoms with Crippen LogP contribution in [-0.4, -0.2) is 91.3 Å². The quantitative estimate of drug-likeness (QED) is 0.244. The Morgan fingerprint density at radius 1 is 0.980 bits per heavy atom. The van der Waals surface area contributed by atoms with E-state index in [-0.39, 0.29) is 17.5 Å². The van der Waals surface area contributed by atoms with Gasteiger partial charge in [0.15, 0.2) is 17.3 Å². The summed E-state index contributed by atoms with van der Waals surface area (Å²) in [5.74, 6) is 1.99. The molecule has 5 aromatic rings. The third kappa shape index (κ3) is 5.79. The Balaban J connectivity index is 0.890. The molecule has 12 nitrogen and oxygen atoms in total. The van der Waals surface area contributed by atoms with E-state index in [9.17, 15) is 9.59 Å². The lowest BCUT2D eigenvalue weighted by Crippen LogP contribution is -2.43. The molecule has 3 aliphatic heterocycles. The molecule has 1 N–H and O–H groups in total. The van der Waals surface area contributed by atoms with E-state index in [0.717, 1.165) is 29.5 Å². The van der Waals surface area contributed by atoms with Crippen LogP contribution in [0.5, 0.6) is 0 Å². The van der Waals surface area contributed by atoms with Crippen molar-refractivity contribution in [3.63, 3.8) is 0 Å². The van der Waals surface area contributed by atoms with Gasteiger partial charge in [-0.1, -0.05) is 36.4 Å². The number of carbonyl (C=O) groups is 2. The van der Waals surface area contributed by atoms with Crippen LogP contribution in [0, 0.1) is 24.7 Å². The summed E-state index contributed by atoms with van der Waals surface area (Å²) in [4.78, 5) is 46.8. The van der Waals surface area contributed by atoms with E-state index >= 15 is 0 Å². The number of likely N-dealkylation sites (tertiary alicyclic amines) is 1. The van der Waals surface area contributed by atoms with Crippen LogP contribution in [-0.2, 0) is 16.6 Å². The molecule has 6 heterocycles. The third-order valence-electron chi connectivity index (χ3n) is 10.4. The predicted molar refractivity (Wildman–Crippen MR) is 190 cm³/mol. The van der Waals surface area contributed by atoms with Gasteiger partial charge in [-0.2, -0.15) is 5.10 Å². The number of nitrogens with zero attached hydrogens (tertiary/aromatic N) is 8. The Bertz CT molecular complexity index is 2180. The van der Waals surface area contributed by atoms with Crippen molar-refractivity contribution < 1.29 is 14.0 Å². The highest BCUT2D eigenvalue weighted by Crippen LogP contribution is 2.42. The first-order valence-corrected chi connectivity index (χ1v) is 17.1. The lowest BCUT2D eigenvalue weighted by atomic mass is 9.85. The van der Waals surface area contributed by atoms with Gasteiger partial charge >= 0.3 is 0 Å². The molecule has 1 spiro atoms. The SMILES string of the molecule is Cc1nc2cc(C(=N)c3nc(N4CC[C@]5(CCN(CC(=O)N6CC=C(c7ccc(-c8ncn(C)n8)cc7)CC6)C5)C4=O)ccc3C)ccc2o1. The van der Waals surface area contributed by atoms with Gasteiger partial charge < -0.3 is 9.32 Å². The van der Waals surface area contributed by atoms with Gasteiger partial charge in [-0.25, -0.2) is 15.0 Å². The average molecular weight is 670 g/mol. The molecule has 3 aromatic heterocycles. The van der Waals surface area contributed by atoms with Crippen LogP contribution in [0.15, 0.2) is 71.4 Å². The summed E-state index contributed by atoms with van der Waals surface area (Å²) in [5, 5.41) is 13.3. The first-order chi connectivity index (χ1) is 24.2. The van der Waals surface area contributed by atoms with Crippen LogP contribution >= 0.6 is 0 Å². The summed E-state index contributed by atoms with van der Waals surface area (Å²) in [5.41, 5.74) is 6.56. The second kappa shape index (κ2) is 12.4. The standard InChI is InChI=1S/C38H39N9O3/c1-24-4-11-32(42-35(24)34(39)29-9-10-31-30(20-29)41-25(2)50-31)47-19-15-38(37(47)49)14-18-45(22-38)21-33(48)46-16-12-27(13-17-46)26-5-7-28(8-6-26)36-40-23-44(3)43-36/h4-12,20,23,39H,13-19,21-22H2,1-3H3/t38-/m0/s1. The van der Waals surface area contributed by atoms with E-state index in [1.807, 2.05) is 61.3 Å². The molecule has 2 amide bonds. The summed E-state index contributed by atoms with van der Waals surface area (Å²) in [6, 6.07) is 17.6. The van der Waals surface area contributed by atoms with Crippen LogP contribution in [0.2, 0.25) is 0 Å². The highest BCUT2D eigenvalue weighted by molar-refractivity contribution is 6.12. The molecule has 3 aliphatic rings. The predicted octanol–water partition coefficient (Wildman–Crippen LogP) is 4.80. The largest absolute Gasteiger partial charge is 0.441 e. The molecular weight excluding hydrogens is 630 g/mol. The van der Waals surface area contributed by atoms with Gasteiger partial charge in [0.05, 0.1) is 23.4 Å². The number of aromatic nitrogens is 5. The molecule has 0 aliphatic carbocycles. The summed E-state index contributed by atoms with van der Waals surface area (Å²) in [6.45, 7) is 7.11. The van der Waals surface area contributed by atoms with E-state index < -0.39 is 5.41 Å². The number of pyridine rings is 1. The van der Waals surface area contributed by atoms with Crippen molar-refractivity contribution in [1.82, 2.24) is 34.5 Å². The van der Waals surface area contributed by atoms with E-state index in [1.165, 1.54) is 5.57 Å². The monoisotopic (exact) mass is 669 g/mol. The van der Waals surface area contributed by atoms with Gasteiger partial charge in [0.2, 0.25) is 11.8 Å². The van der Waals surface area contributed by atoms with Gasteiger partial charge in [0.1, 0.15) is 17.7 Å². The first-order valence-electron chi connectivity index (χ1n) is 17.1. The first kappa shape index (κ1) is 31.8. The molecule has 0 saturated carbocycles. The van der Waals surface area contributed by atoms with Crippen LogP contribution in [0.4, 0.5) is 5.82 Å². The van der Waals surface area contributed by atoms with Crippen molar-refractivity contribution in [3.8, 4) is 11.4 Å². The summed E-state index contributed by atoms with van der Waals surface area (Å²) in [7, 11) is 1.85. The van der Waals surface area contributed by atoms with Crippen molar-refractivity contribution >= 4 is 40.0 Å². The van der Waals surface area contributed by atoms with Crippen LogP contribution in [0.3, 0.4) is 0 Å². The molecule has 2 aromatic carbocycles. The zero-order chi connectivity index (χ0) is 34.6. The van der Waals surface area contributed by atoms with Gasteiger partial charge in [0.25, 0.3) is 0 Å². The normalized spacial score (nSPS) is 19.6. The molecule has 0 bridgehead atoms. The molecule has 0 radical (unpaired) electrons. The maximum Gasteiger partial charge on any atom is 0.237 e. The minimum atomic E-state index is -0.526. The molecule has 2 saturated heterocycles. The Labute approximate surface area is 289 Å². The summed E-state index contributed by atoms with van der Waals surface area (Å²) >= 11 is 0. The molecule has 254 valence electrons. The number of fused-ring (bicyclic) bond motifs is 1. The van der Waals surface area contributed by atoms with E-state index in [4.69, 9.17) is 14.8 Å². The van der Waals surface area contributed by atoms with Crippen molar-refractivity contribution in [2.24, 2.45) is 12.5 Å². The summed E-state index contributed by atoms with van der Waals surface area (Å²) < 4.78 is 7.29. The number of hydrogen-bond donors (Lipinski definition) is 1. The number of rotatable bonds is 7. The third-order valence-corrected chi connectivity index (χ3v) is 10.4. The molecule has 2 fully saturated rings. The van der Waals surface area contributed by atoms with Crippen LogP contribution in [0.25, 0.3) is 28.1 Å². The highest BCUT2D eigenvalue weighted by atomic mass is 16.3. The minimum absolute atomic E-state index is 0.0520.